The molecule has 2 aromatic carbocycles. The topological polar surface area (TPSA) is 75.2 Å². The molecule has 0 unspecified atom stereocenters. The number of hydrogen-bond donors (Lipinski definition) is 1. The van der Waals surface area contributed by atoms with Crippen LogP contribution >= 0.6 is 11.6 Å². The summed E-state index contributed by atoms with van der Waals surface area (Å²) in [5, 5.41) is 3.67. The molecule has 4 aromatic rings. The summed E-state index contributed by atoms with van der Waals surface area (Å²) in [6.07, 6.45) is -1.16. The van der Waals surface area contributed by atoms with Gasteiger partial charge in [0.1, 0.15) is 5.82 Å². The molecule has 0 saturated carbocycles. The van der Waals surface area contributed by atoms with Gasteiger partial charge in [0.15, 0.2) is 0 Å². The summed E-state index contributed by atoms with van der Waals surface area (Å²) in [5.74, 6) is 0.586. The second kappa shape index (κ2) is 8.78. The molecule has 2 aromatic heterocycles. The number of aromatic nitrogens is 2. The first kappa shape index (κ1) is 23.5. The average molecular weight is 519 g/mol. The van der Waals surface area contributed by atoms with Crippen molar-refractivity contribution in [2.45, 2.75) is 24.0 Å². The van der Waals surface area contributed by atoms with E-state index in [0.29, 0.717) is 18.3 Å². The summed E-state index contributed by atoms with van der Waals surface area (Å²) in [6.45, 7) is 0.102. The Labute approximate surface area is 204 Å². The van der Waals surface area contributed by atoms with Gasteiger partial charge in [-0.1, -0.05) is 29.8 Å². The number of anilines is 2. The van der Waals surface area contributed by atoms with Crippen LogP contribution in [0.1, 0.15) is 16.7 Å². The van der Waals surface area contributed by atoms with Gasteiger partial charge in [-0.3, -0.25) is 4.98 Å². The molecule has 6 nitrogen and oxygen atoms in total. The Morgan fingerprint density at radius 2 is 1.83 bits per heavy atom. The molecule has 0 aliphatic carbocycles. The van der Waals surface area contributed by atoms with Crippen LogP contribution in [-0.4, -0.2) is 29.2 Å². The molecule has 0 bridgehead atoms. The highest BCUT2D eigenvalue weighted by Gasteiger charge is 2.36. The number of para-hydroxylation sites is 1. The molecule has 180 valence electrons. The lowest BCUT2D eigenvalue weighted by molar-refractivity contribution is -0.137. The minimum absolute atomic E-state index is 0.00874. The average Bonchev–Trinajstić information content (AvgIpc) is 2.83. The third kappa shape index (κ3) is 4.56. The number of nitrogens with zero attached hydrogens (tertiary/aromatic N) is 3. The van der Waals surface area contributed by atoms with Crippen molar-refractivity contribution < 1.29 is 21.6 Å². The number of pyridine rings is 2. The summed E-state index contributed by atoms with van der Waals surface area (Å²) in [5.41, 5.74) is 1.98. The Balaban J connectivity index is 1.42. The van der Waals surface area contributed by atoms with Crippen LogP contribution < -0.4 is 5.32 Å². The summed E-state index contributed by atoms with van der Waals surface area (Å²) < 4.78 is 67.3. The maximum absolute atomic E-state index is 13.3. The zero-order valence-electron chi connectivity index (χ0n) is 18.1. The molecule has 1 aliphatic rings. The van der Waals surface area contributed by atoms with Crippen LogP contribution in [0.15, 0.2) is 71.9 Å². The predicted octanol–water partition coefficient (Wildman–Crippen LogP) is 5.79. The van der Waals surface area contributed by atoms with Crippen LogP contribution in [0.4, 0.5) is 24.7 Å². The Hall–Kier alpha value is -3.21. The number of rotatable bonds is 4. The summed E-state index contributed by atoms with van der Waals surface area (Å²) in [7, 11) is -4.18. The third-order valence-corrected chi connectivity index (χ3v) is 8.02. The number of alkyl halides is 3. The molecular weight excluding hydrogens is 501 g/mol. The second-order valence-corrected chi connectivity index (χ2v) is 10.4. The highest BCUT2D eigenvalue weighted by atomic mass is 35.5. The first-order chi connectivity index (χ1) is 16.6. The van der Waals surface area contributed by atoms with E-state index in [-0.39, 0.29) is 13.1 Å². The fraction of sp³-hybridized carbons (Fsp3) is 0.167. The molecule has 35 heavy (non-hydrogen) atoms. The number of fused-ring (bicyclic) bond motifs is 2. The highest BCUT2D eigenvalue weighted by molar-refractivity contribution is 7.89. The Morgan fingerprint density at radius 1 is 1.03 bits per heavy atom. The number of nitrogens with one attached hydrogen (secondary N) is 1. The van der Waals surface area contributed by atoms with Gasteiger partial charge >= 0.3 is 6.18 Å². The van der Waals surface area contributed by atoms with Crippen molar-refractivity contribution in [2.75, 3.05) is 11.9 Å². The van der Waals surface area contributed by atoms with Gasteiger partial charge in [-0.2, -0.15) is 17.5 Å². The monoisotopic (exact) mass is 518 g/mol. The lowest BCUT2D eigenvalue weighted by atomic mass is 10.0. The van der Waals surface area contributed by atoms with E-state index in [2.05, 4.69) is 15.3 Å². The van der Waals surface area contributed by atoms with Gasteiger partial charge in [0.05, 0.1) is 32.9 Å². The van der Waals surface area contributed by atoms with E-state index in [1.165, 1.54) is 4.31 Å². The molecule has 5 rings (SSSR count). The normalized spacial score (nSPS) is 14.6. The van der Waals surface area contributed by atoms with Crippen molar-refractivity contribution in [1.29, 1.82) is 0 Å². The molecule has 0 fully saturated rings. The largest absolute Gasteiger partial charge is 0.417 e. The molecular formula is C24H18ClF3N4O2S. The van der Waals surface area contributed by atoms with E-state index in [4.69, 9.17) is 11.6 Å². The van der Waals surface area contributed by atoms with E-state index in [1.807, 2.05) is 30.3 Å². The first-order valence-electron chi connectivity index (χ1n) is 10.6. The minimum Gasteiger partial charge on any atom is -0.339 e. The molecule has 0 radical (unpaired) electrons. The maximum Gasteiger partial charge on any atom is 0.417 e. The molecule has 0 spiro atoms. The van der Waals surface area contributed by atoms with Gasteiger partial charge in [-0.05, 0) is 48.4 Å². The van der Waals surface area contributed by atoms with Gasteiger partial charge in [-0.15, -0.1) is 0 Å². The Bertz CT molecular complexity index is 1540. The van der Waals surface area contributed by atoms with Crippen molar-refractivity contribution in [3.8, 4) is 0 Å². The fourth-order valence-electron chi connectivity index (χ4n) is 4.09. The van der Waals surface area contributed by atoms with Crippen LogP contribution in [0, 0.1) is 0 Å². The van der Waals surface area contributed by atoms with Crippen LogP contribution in [0.3, 0.4) is 0 Å². The van der Waals surface area contributed by atoms with E-state index >= 15 is 0 Å². The Morgan fingerprint density at radius 3 is 2.63 bits per heavy atom. The lowest BCUT2D eigenvalue weighted by Gasteiger charge is -2.29. The van der Waals surface area contributed by atoms with Crippen molar-refractivity contribution in [1.82, 2.24) is 14.3 Å². The predicted molar refractivity (Wildman–Crippen MR) is 127 cm³/mol. The minimum atomic E-state index is -4.76. The molecule has 0 amide bonds. The zero-order valence-corrected chi connectivity index (χ0v) is 19.6. The van der Waals surface area contributed by atoms with E-state index in [1.54, 1.807) is 18.5 Å². The van der Waals surface area contributed by atoms with Crippen molar-refractivity contribution >= 4 is 44.0 Å². The lowest BCUT2D eigenvalue weighted by Crippen LogP contribution is -2.36. The smallest absolute Gasteiger partial charge is 0.339 e. The summed E-state index contributed by atoms with van der Waals surface area (Å²) >= 11 is 5.65. The van der Waals surface area contributed by atoms with Gasteiger partial charge in [0.25, 0.3) is 0 Å². The summed E-state index contributed by atoms with van der Waals surface area (Å²) in [6, 6.07) is 14.0. The fourth-order valence-corrected chi connectivity index (χ4v) is 5.76. The molecule has 0 saturated heterocycles. The molecule has 3 heterocycles. The van der Waals surface area contributed by atoms with Crippen LogP contribution in [0.2, 0.25) is 5.02 Å². The molecule has 11 heteroatoms. The third-order valence-electron chi connectivity index (χ3n) is 5.84. The molecule has 0 atom stereocenters. The van der Waals surface area contributed by atoms with E-state index in [0.717, 1.165) is 39.8 Å². The second-order valence-electron chi connectivity index (χ2n) is 8.07. The zero-order chi connectivity index (χ0) is 24.8. The molecule has 1 aliphatic heterocycles. The number of sulfonamides is 1. The van der Waals surface area contributed by atoms with E-state index < -0.39 is 31.7 Å². The van der Waals surface area contributed by atoms with Crippen molar-refractivity contribution in [3.05, 3.63) is 88.7 Å². The molecule has 1 N–H and O–H groups in total. The van der Waals surface area contributed by atoms with Gasteiger partial charge in [0.2, 0.25) is 10.0 Å². The number of halogens is 4. The van der Waals surface area contributed by atoms with E-state index in [9.17, 15) is 21.6 Å². The van der Waals surface area contributed by atoms with Gasteiger partial charge < -0.3 is 5.32 Å². The highest BCUT2D eigenvalue weighted by Crippen LogP contribution is 2.37. The van der Waals surface area contributed by atoms with Crippen molar-refractivity contribution in [2.24, 2.45) is 0 Å². The standard InChI is InChI=1S/C24H18ClF3N4O2S/c25-21-6-5-18(12-20(21)24(26,27)28)35(33,34)32-10-8-19-16(14-32)7-9-29-23(19)31-17-11-15-3-1-2-4-22(15)30-13-17/h1-7,9,11-13H,8,10,14H2,(H,29,31). The maximum atomic E-state index is 13.3. The van der Waals surface area contributed by atoms with Crippen LogP contribution in [-0.2, 0) is 29.2 Å². The number of hydrogen-bond acceptors (Lipinski definition) is 5. The SMILES string of the molecule is O=S(=O)(c1ccc(Cl)c(C(F)(F)F)c1)N1CCc2c(ccnc2Nc2cnc3ccccc3c2)C1. The van der Waals surface area contributed by atoms with Gasteiger partial charge in [0, 0.05) is 30.2 Å². The summed E-state index contributed by atoms with van der Waals surface area (Å²) in [4.78, 5) is 8.39. The van der Waals surface area contributed by atoms with Crippen LogP contribution in [0.25, 0.3) is 10.9 Å². The van der Waals surface area contributed by atoms with Gasteiger partial charge in [-0.25, -0.2) is 13.4 Å². The quantitative estimate of drug-likeness (QED) is 0.370. The van der Waals surface area contributed by atoms with Crippen LogP contribution in [0.5, 0.6) is 0 Å². The first-order valence-corrected chi connectivity index (χ1v) is 12.4. The van der Waals surface area contributed by atoms with Crippen molar-refractivity contribution in [3.63, 3.8) is 0 Å². The number of benzene rings is 2. The Kier molecular flexibility index (Phi) is 5.90.